The number of nitrogens with zero attached hydrogens (tertiary/aromatic N) is 2. The molecule has 0 radical (unpaired) electrons. The van der Waals surface area contributed by atoms with Gasteiger partial charge in [0.15, 0.2) is 11.5 Å². The first-order valence-electron chi connectivity index (χ1n) is 12.2. The second-order valence-electron chi connectivity index (χ2n) is 8.95. The average molecular weight is 528 g/mol. The number of ether oxygens (including phenoxy) is 3. The minimum atomic E-state index is -3.80. The van der Waals surface area contributed by atoms with E-state index in [1.165, 1.54) is 22.6 Å². The van der Waals surface area contributed by atoms with Crippen LogP contribution in [0.1, 0.15) is 35.8 Å². The third-order valence-electron chi connectivity index (χ3n) is 6.66. The monoisotopic (exact) mass is 527 g/mol. The van der Waals surface area contributed by atoms with Gasteiger partial charge in [-0.05, 0) is 49.7 Å². The van der Waals surface area contributed by atoms with Gasteiger partial charge in [0.1, 0.15) is 18.8 Å². The molecular weight excluding hydrogens is 498 g/mol. The summed E-state index contributed by atoms with van der Waals surface area (Å²) in [7, 11) is -3.80. The minimum absolute atomic E-state index is 0.0175. The molecule has 0 bridgehead atoms. The van der Waals surface area contributed by atoms with Crippen molar-refractivity contribution in [1.29, 1.82) is 0 Å². The van der Waals surface area contributed by atoms with E-state index >= 15 is 0 Å². The van der Waals surface area contributed by atoms with Crippen LogP contribution in [0.3, 0.4) is 0 Å². The molecule has 1 saturated heterocycles. The summed E-state index contributed by atoms with van der Waals surface area (Å²) in [5.41, 5.74) is 0.781. The highest BCUT2D eigenvalue weighted by Gasteiger charge is 2.27. The van der Waals surface area contributed by atoms with Crippen LogP contribution in [0.25, 0.3) is 10.9 Å². The zero-order chi connectivity index (χ0) is 26.2. The van der Waals surface area contributed by atoms with E-state index in [9.17, 15) is 18.0 Å². The predicted molar refractivity (Wildman–Crippen MR) is 137 cm³/mol. The Morgan fingerprint density at radius 3 is 2.49 bits per heavy atom. The van der Waals surface area contributed by atoms with Gasteiger partial charge in [0.05, 0.1) is 29.7 Å². The fourth-order valence-corrected chi connectivity index (χ4v) is 6.02. The largest absolute Gasteiger partial charge is 0.486 e. The molecule has 0 unspecified atom stereocenters. The Bertz CT molecular complexity index is 1510. The molecule has 1 fully saturated rings. The molecule has 0 saturated carbocycles. The maximum atomic E-state index is 13.5. The van der Waals surface area contributed by atoms with Crippen molar-refractivity contribution in [3.8, 4) is 11.5 Å². The van der Waals surface area contributed by atoms with Crippen molar-refractivity contribution in [1.82, 2.24) is 14.2 Å². The Balaban J connectivity index is 1.48. The van der Waals surface area contributed by atoms with Gasteiger partial charge in [-0.2, -0.15) is 4.31 Å². The van der Waals surface area contributed by atoms with E-state index in [4.69, 9.17) is 14.2 Å². The standard InChI is InChI=1S/C26H29N3O7S/c1-3-28-16-21(26(31)27-17(2)18-4-7-23-24(14-18)36-13-12-35-23)25(30)20-15-19(5-6-22(20)28)37(32,33)29-8-10-34-11-9-29/h4-7,14-17H,3,8-13H2,1-2H3,(H,27,31)/t17-/m1/s1. The highest BCUT2D eigenvalue weighted by Crippen LogP contribution is 2.32. The van der Waals surface area contributed by atoms with E-state index in [-0.39, 0.29) is 28.9 Å². The molecular formula is C26H29N3O7S. The molecule has 10 nitrogen and oxygen atoms in total. The maximum absolute atomic E-state index is 13.5. The lowest BCUT2D eigenvalue weighted by Crippen LogP contribution is -2.40. The zero-order valence-corrected chi connectivity index (χ0v) is 21.5. The van der Waals surface area contributed by atoms with Gasteiger partial charge in [-0.15, -0.1) is 0 Å². The van der Waals surface area contributed by atoms with Crippen molar-refractivity contribution in [2.75, 3.05) is 39.5 Å². The zero-order valence-electron chi connectivity index (χ0n) is 20.7. The van der Waals surface area contributed by atoms with Crippen molar-refractivity contribution < 1.29 is 27.4 Å². The van der Waals surface area contributed by atoms with Gasteiger partial charge in [0, 0.05) is 31.2 Å². The first-order chi connectivity index (χ1) is 17.8. The summed E-state index contributed by atoms with van der Waals surface area (Å²) in [6.07, 6.45) is 1.52. The fraction of sp³-hybridized carbons (Fsp3) is 0.385. The Hall–Kier alpha value is -3.41. The van der Waals surface area contributed by atoms with Crippen LogP contribution in [0, 0.1) is 0 Å². The van der Waals surface area contributed by atoms with E-state index in [1.54, 1.807) is 16.7 Å². The lowest BCUT2D eigenvalue weighted by molar-refractivity contribution is 0.0730. The molecule has 3 heterocycles. The van der Waals surface area contributed by atoms with Gasteiger partial charge < -0.3 is 24.1 Å². The Labute approximate surface area is 214 Å². The molecule has 1 atom stereocenters. The number of rotatable bonds is 6. The number of sulfonamides is 1. The number of morpholine rings is 1. The highest BCUT2D eigenvalue weighted by atomic mass is 32.2. The third kappa shape index (κ3) is 4.81. The van der Waals surface area contributed by atoms with Crippen molar-refractivity contribution in [2.24, 2.45) is 0 Å². The van der Waals surface area contributed by atoms with Crippen LogP contribution >= 0.6 is 0 Å². The Kier molecular flexibility index (Phi) is 6.93. The van der Waals surface area contributed by atoms with Crippen LogP contribution in [-0.4, -0.2) is 62.7 Å². The van der Waals surface area contributed by atoms with Gasteiger partial charge in [0.25, 0.3) is 5.91 Å². The molecule has 1 N–H and O–H groups in total. The molecule has 11 heteroatoms. The number of hydrogen-bond donors (Lipinski definition) is 1. The summed E-state index contributed by atoms with van der Waals surface area (Å²) in [4.78, 5) is 26.7. The molecule has 1 aromatic heterocycles. The van der Waals surface area contributed by atoms with Gasteiger partial charge in [-0.3, -0.25) is 9.59 Å². The number of benzene rings is 2. The highest BCUT2D eigenvalue weighted by molar-refractivity contribution is 7.89. The Morgan fingerprint density at radius 1 is 1.03 bits per heavy atom. The number of pyridine rings is 1. The lowest BCUT2D eigenvalue weighted by atomic mass is 10.1. The SMILES string of the molecule is CCn1cc(C(=O)N[C@H](C)c2ccc3c(c2)OCCO3)c(=O)c2cc(S(=O)(=O)N3CCOCC3)ccc21. The first-order valence-corrected chi connectivity index (χ1v) is 13.7. The summed E-state index contributed by atoms with van der Waals surface area (Å²) < 4.78 is 45.9. The van der Waals surface area contributed by atoms with Gasteiger partial charge >= 0.3 is 0 Å². The Morgan fingerprint density at radius 2 is 1.76 bits per heavy atom. The summed E-state index contributed by atoms with van der Waals surface area (Å²) >= 11 is 0. The number of amides is 1. The van der Waals surface area contributed by atoms with Crippen molar-refractivity contribution in [3.63, 3.8) is 0 Å². The number of carbonyl (C=O) groups is 1. The van der Waals surface area contributed by atoms with E-state index in [0.717, 1.165) is 5.56 Å². The first kappa shape index (κ1) is 25.2. The number of fused-ring (bicyclic) bond motifs is 2. The molecule has 2 aromatic carbocycles. The number of aromatic nitrogens is 1. The number of hydrogen-bond acceptors (Lipinski definition) is 7. The number of carbonyl (C=O) groups excluding carboxylic acids is 1. The molecule has 37 heavy (non-hydrogen) atoms. The maximum Gasteiger partial charge on any atom is 0.257 e. The fourth-order valence-electron chi connectivity index (χ4n) is 4.58. The van der Waals surface area contributed by atoms with Crippen molar-refractivity contribution in [3.05, 3.63) is 63.9 Å². The molecule has 196 valence electrons. The summed E-state index contributed by atoms with van der Waals surface area (Å²) in [6.45, 7) is 6.28. The quantitative estimate of drug-likeness (QED) is 0.523. The van der Waals surface area contributed by atoms with Crippen molar-refractivity contribution >= 4 is 26.8 Å². The molecule has 3 aromatic rings. The van der Waals surface area contributed by atoms with Crippen LogP contribution in [-0.2, 0) is 21.3 Å². The number of nitrogens with one attached hydrogen (secondary N) is 1. The van der Waals surface area contributed by atoms with Crippen LogP contribution in [0.4, 0.5) is 0 Å². The molecule has 2 aliphatic rings. The normalized spacial score (nSPS) is 16.9. The van der Waals surface area contributed by atoms with E-state index in [2.05, 4.69) is 5.32 Å². The second-order valence-corrected chi connectivity index (χ2v) is 10.9. The topological polar surface area (TPSA) is 116 Å². The molecule has 2 aliphatic heterocycles. The van der Waals surface area contributed by atoms with Crippen LogP contribution in [0.2, 0.25) is 0 Å². The summed E-state index contributed by atoms with van der Waals surface area (Å²) in [5, 5.41) is 3.06. The molecule has 0 spiro atoms. The van der Waals surface area contributed by atoms with Crippen LogP contribution in [0.15, 0.2) is 52.3 Å². The van der Waals surface area contributed by atoms with Crippen LogP contribution < -0.4 is 20.2 Å². The van der Waals surface area contributed by atoms with E-state index in [0.29, 0.717) is 50.0 Å². The summed E-state index contributed by atoms with van der Waals surface area (Å²) in [5.74, 6) is 0.715. The minimum Gasteiger partial charge on any atom is -0.486 e. The molecule has 1 amide bonds. The lowest BCUT2D eigenvalue weighted by Gasteiger charge is -2.26. The third-order valence-corrected chi connectivity index (χ3v) is 8.55. The smallest absolute Gasteiger partial charge is 0.257 e. The summed E-state index contributed by atoms with van der Waals surface area (Å²) in [6, 6.07) is 9.52. The molecule has 5 rings (SSSR count). The second kappa shape index (κ2) is 10.2. The van der Waals surface area contributed by atoms with E-state index < -0.39 is 27.4 Å². The van der Waals surface area contributed by atoms with Crippen LogP contribution in [0.5, 0.6) is 11.5 Å². The van der Waals surface area contributed by atoms with Gasteiger partial charge in [0.2, 0.25) is 15.5 Å². The average Bonchev–Trinajstić information content (AvgIpc) is 2.93. The van der Waals surface area contributed by atoms with E-state index in [1.807, 2.05) is 26.0 Å². The van der Waals surface area contributed by atoms with Crippen molar-refractivity contribution in [2.45, 2.75) is 31.3 Å². The van der Waals surface area contributed by atoms with Gasteiger partial charge in [-0.25, -0.2) is 8.42 Å². The predicted octanol–water partition coefficient (Wildman–Crippen LogP) is 2.30. The van der Waals surface area contributed by atoms with Gasteiger partial charge in [-0.1, -0.05) is 6.07 Å². The molecule has 0 aliphatic carbocycles. The number of aryl methyl sites for hydroxylation is 1.